The number of aryl methyl sites for hydroxylation is 1. The zero-order valence-electron chi connectivity index (χ0n) is 14.1. The molecule has 0 aliphatic carbocycles. The Bertz CT molecular complexity index is 768. The third-order valence-corrected chi connectivity index (χ3v) is 4.60. The molecule has 0 fully saturated rings. The minimum atomic E-state index is -0.131. The predicted octanol–water partition coefficient (Wildman–Crippen LogP) is 3.26. The summed E-state index contributed by atoms with van der Waals surface area (Å²) in [7, 11) is 0. The van der Waals surface area contributed by atoms with E-state index in [0.29, 0.717) is 18.7 Å². The number of nitrogens with zero attached hydrogens (tertiary/aromatic N) is 2. The average molecular weight is 323 g/mol. The first-order valence-electron chi connectivity index (χ1n) is 8.40. The lowest BCUT2D eigenvalue weighted by Gasteiger charge is -2.31. The number of carbonyl (C=O) groups excluding carboxylic acids is 1. The lowest BCUT2D eigenvalue weighted by atomic mass is 10.0. The summed E-state index contributed by atoms with van der Waals surface area (Å²) in [6.07, 6.45) is 5.09. The van der Waals surface area contributed by atoms with Crippen molar-refractivity contribution in [1.82, 2.24) is 4.90 Å². The van der Waals surface area contributed by atoms with E-state index in [1.54, 1.807) is 4.57 Å². The highest BCUT2D eigenvalue weighted by molar-refractivity contribution is 6.11. The molecule has 1 aliphatic heterocycles. The molecular formula is C20H23N2O2+. The maximum absolute atomic E-state index is 13.0. The van der Waals surface area contributed by atoms with Crippen LogP contribution in [0.3, 0.4) is 0 Å². The quantitative estimate of drug-likeness (QED) is 0.878. The van der Waals surface area contributed by atoms with Crippen LogP contribution >= 0.6 is 0 Å². The van der Waals surface area contributed by atoms with Gasteiger partial charge in [0.25, 0.3) is 0 Å². The molecule has 1 aliphatic rings. The number of hydrogen-bond acceptors (Lipinski definition) is 2. The van der Waals surface area contributed by atoms with E-state index in [1.165, 1.54) is 0 Å². The van der Waals surface area contributed by atoms with E-state index in [0.717, 1.165) is 17.5 Å². The zero-order valence-corrected chi connectivity index (χ0v) is 14.1. The second-order valence-corrected chi connectivity index (χ2v) is 6.10. The molecule has 3 rings (SSSR count). The molecule has 24 heavy (non-hydrogen) atoms. The number of aliphatic hydroxyl groups excluding tert-OH is 1. The fourth-order valence-electron chi connectivity index (χ4n) is 3.12. The normalized spacial score (nSPS) is 16.4. The van der Waals surface area contributed by atoms with Crippen LogP contribution in [0, 0.1) is 0 Å². The number of carbonyl (C=O) groups is 1. The molecule has 1 atom stereocenters. The smallest absolute Gasteiger partial charge is 0.323 e. The van der Waals surface area contributed by atoms with E-state index in [1.807, 2.05) is 66.7 Å². The first kappa shape index (κ1) is 16.2. The number of hydrogen-bond donors (Lipinski definition) is 1. The van der Waals surface area contributed by atoms with Crippen molar-refractivity contribution in [3.63, 3.8) is 0 Å². The van der Waals surface area contributed by atoms with Crippen LogP contribution in [0.5, 0.6) is 0 Å². The summed E-state index contributed by atoms with van der Waals surface area (Å²) in [6, 6.07) is 13.9. The third kappa shape index (κ3) is 3.04. The second kappa shape index (κ2) is 6.87. The topological polar surface area (TPSA) is 44.4 Å². The Labute approximate surface area is 142 Å². The molecule has 0 radical (unpaired) electrons. The maximum Gasteiger partial charge on any atom is 0.323 e. The third-order valence-electron chi connectivity index (χ3n) is 4.60. The van der Waals surface area contributed by atoms with Crippen LogP contribution in [0.4, 0.5) is 0 Å². The van der Waals surface area contributed by atoms with Crippen LogP contribution in [0.1, 0.15) is 37.4 Å². The Morgan fingerprint density at radius 3 is 2.67 bits per heavy atom. The fraction of sp³-hybridized carbons (Fsp3) is 0.300. The van der Waals surface area contributed by atoms with Crippen molar-refractivity contribution in [3.05, 3.63) is 71.7 Å². The zero-order chi connectivity index (χ0) is 17.1. The molecule has 0 saturated heterocycles. The van der Waals surface area contributed by atoms with Gasteiger partial charge in [0.1, 0.15) is 0 Å². The number of rotatable bonds is 4. The first-order valence-corrected chi connectivity index (χ1v) is 8.40. The molecule has 0 bridgehead atoms. The standard InChI is InChI=1S/C20H22N2O2/c1-3-16-8-7-12-21(14-16)19-18(23)11-13-22(20(19)24)15(2)17-9-5-4-6-10-17/h4-10,12,14-15H,3,11,13H2,1-2H3/p+1/t15-/m0/s1. The Kier molecular flexibility index (Phi) is 4.65. The Balaban J connectivity index is 1.94. The molecule has 1 N–H and O–H groups in total. The second-order valence-electron chi connectivity index (χ2n) is 6.10. The van der Waals surface area contributed by atoms with Crippen LogP contribution in [-0.2, 0) is 11.2 Å². The van der Waals surface area contributed by atoms with Crippen molar-refractivity contribution in [2.45, 2.75) is 32.7 Å². The van der Waals surface area contributed by atoms with Crippen LogP contribution in [-0.4, -0.2) is 22.5 Å². The SMILES string of the molecule is CCc1ccc[n+](C2=C(O)CCN([C@@H](C)c3ccccc3)C2=O)c1. The van der Waals surface area contributed by atoms with Gasteiger partial charge < -0.3 is 10.0 Å². The minimum absolute atomic E-state index is 0.0308. The lowest BCUT2D eigenvalue weighted by molar-refractivity contribution is -0.580. The molecule has 2 heterocycles. The van der Waals surface area contributed by atoms with E-state index in [-0.39, 0.29) is 17.7 Å². The van der Waals surface area contributed by atoms with E-state index in [4.69, 9.17) is 0 Å². The van der Waals surface area contributed by atoms with Crippen molar-refractivity contribution < 1.29 is 14.5 Å². The summed E-state index contributed by atoms with van der Waals surface area (Å²) in [5.74, 6) is 0.0307. The van der Waals surface area contributed by atoms with E-state index >= 15 is 0 Å². The van der Waals surface area contributed by atoms with Gasteiger partial charge >= 0.3 is 11.6 Å². The average Bonchev–Trinajstić information content (AvgIpc) is 2.62. The highest BCUT2D eigenvalue weighted by atomic mass is 16.3. The van der Waals surface area contributed by atoms with Crippen LogP contribution in [0.2, 0.25) is 0 Å². The summed E-state index contributed by atoms with van der Waals surface area (Å²) < 4.78 is 1.75. The van der Waals surface area contributed by atoms with E-state index in [2.05, 4.69) is 6.92 Å². The Hall–Kier alpha value is -2.62. The lowest BCUT2D eigenvalue weighted by Crippen LogP contribution is -2.48. The molecule has 4 nitrogen and oxygen atoms in total. The molecule has 124 valence electrons. The Morgan fingerprint density at radius 1 is 1.21 bits per heavy atom. The molecular weight excluding hydrogens is 300 g/mol. The molecule has 2 aromatic rings. The van der Waals surface area contributed by atoms with Gasteiger partial charge in [-0.25, -0.2) is 0 Å². The van der Waals surface area contributed by atoms with Gasteiger partial charge in [0, 0.05) is 24.6 Å². The van der Waals surface area contributed by atoms with Gasteiger partial charge in [-0.1, -0.05) is 37.3 Å². The Morgan fingerprint density at radius 2 is 1.96 bits per heavy atom. The number of amides is 1. The van der Waals surface area contributed by atoms with Crippen LogP contribution < -0.4 is 4.57 Å². The summed E-state index contributed by atoms with van der Waals surface area (Å²) in [6.45, 7) is 4.62. The first-order chi connectivity index (χ1) is 11.6. The van der Waals surface area contributed by atoms with Gasteiger partial charge in [-0.15, -0.1) is 0 Å². The summed E-state index contributed by atoms with van der Waals surface area (Å²) in [5, 5.41) is 10.3. The largest absolute Gasteiger partial charge is 0.506 e. The van der Waals surface area contributed by atoms with E-state index in [9.17, 15) is 9.90 Å². The molecule has 0 unspecified atom stereocenters. The van der Waals surface area contributed by atoms with Crippen molar-refractivity contribution in [2.24, 2.45) is 0 Å². The fourth-order valence-corrected chi connectivity index (χ4v) is 3.12. The van der Waals surface area contributed by atoms with Gasteiger partial charge in [-0.3, -0.25) is 4.79 Å². The predicted molar refractivity (Wildman–Crippen MR) is 93.0 cm³/mol. The number of aromatic nitrogens is 1. The van der Waals surface area contributed by atoms with Gasteiger partial charge in [-0.05, 0) is 25.0 Å². The highest BCUT2D eigenvalue weighted by Gasteiger charge is 2.37. The molecule has 1 aromatic carbocycles. The molecule has 1 aromatic heterocycles. The van der Waals surface area contributed by atoms with Crippen LogP contribution in [0.25, 0.3) is 5.70 Å². The molecule has 0 saturated carbocycles. The van der Waals surface area contributed by atoms with Gasteiger partial charge in [-0.2, -0.15) is 4.57 Å². The van der Waals surface area contributed by atoms with Crippen molar-refractivity contribution in [2.75, 3.05) is 6.54 Å². The summed E-state index contributed by atoms with van der Waals surface area (Å²) in [5.41, 5.74) is 2.58. The van der Waals surface area contributed by atoms with Gasteiger partial charge in [0.2, 0.25) is 0 Å². The summed E-state index contributed by atoms with van der Waals surface area (Å²) in [4.78, 5) is 14.9. The van der Waals surface area contributed by atoms with Crippen molar-refractivity contribution >= 4 is 11.6 Å². The molecule has 1 amide bonds. The van der Waals surface area contributed by atoms with E-state index < -0.39 is 0 Å². The van der Waals surface area contributed by atoms with Gasteiger partial charge in [0.15, 0.2) is 18.2 Å². The number of benzene rings is 1. The summed E-state index contributed by atoms with van der Waals surface area (Å²) >= 11 is 0. The number of pyridine rings is 1. The van der Waals surface area contributed by atoms with Gasteiger partial charge in [0.05, 0.1) is 6.04 Å². The highest BCUT2D eigenvalue weighted by Crippen LogP contribution is 2.27. The number of aliphatic hydroxyl groups is 1. The van der Waals surface area contributed by atoms with Crippen molar-refractivity contribution in [3.8, 4) is 0 Å². The molecule has 0 spiro atoms. The maximum atomic E-state index is 13.0. The minimum Gasteiger partial charge on any atom is -0.506 e. The van der Waals surface area contributed by atoms with Crippen molar-refractivity contribution in [1.29, 1.82) is 0 Å². The monoisotopic (exact) mass is 323 g/mol. The molecule has 4 heteroatoms. The van der Waals surface area contributed by atoms with Crippen LogP contribution in [0.15, 0.2) is 60.6 Å².